The van der Waals surface area contributed by atoms with E-state index >= 15 is 0 Å². The van der Waals surface area contributed by atoms with Crippen LogP contribution in [0.2, 0.25) is 0 Å². The number of phenolic OH excluding ortho intramolecular Hbond substituents is 1. The first kappa shape index (κ1) is 30.0. The third-order valence-corrected chi connectivity index (χ3v) is 14.6. The summed E-state index contributed by atoms with van der Waals surface area (Å²) in [4.78, 5) is 13.0. The maximum atomic E-state index is 13.0. The zero-order chi connectivity index (χ0) is 30.3. The quantitative estimate of drug-likeness (QED) is 0.223. The highest BCUT2D eigenvalue weighted by Crippen LogP contribution is 2.75. The molecular weight excluding hydrogens is 516 g/mol. The fourth-order valence-electron chi connectivity index (χ4n) is 11.6. The molecule has 5 aliphatic carbocycles. The molecule has 0 unspecified atom stereocenters. The second kappa shape index (κ2) is 9.73. The summed E-state index contributed by atoms with van der Waals surface area (Å²) in [5, 5.41) is 9.54. The molecule has 6 rings (SSSR count). The summed E-state index contributed by atoms with van der Waals surface area (Å²) >= 11 is 0. The van der Waals surface area contributed by atoms with E-state index in [2.05, 4.69) is 61.5 Å². The molecule has 0 heterocycles. The molecule has 1 N–H and O–H groups in total. The molecule has 1 aromatic rings. The highest BCUT2D eigenvalue weighted by molar-refractivity contribution is 5.87. The van der Waals surface area contributed by atoms with Crippen LogP contribution in [0.25, 0.3) is 6.08 Å². The van der Waals surface area contributed by atoms with E-state index in [9.17, 15) is 9.90 Å². The molecule has 0 amide bonds. The molecule has 0 spiro atoms. The van der Waals surface area contributed by atoms with Crippen molar-refractivity contribution >= 4 is 12.0 Å². The number of hydrogen-bond donors (Lipinski definition) is 1. The zero-order valence-electron chi connectivity index (χ0n) is 27.7. The molecule has 0 saturated heterocycles. The molecule has 0 bridgehead atoms. The van der Waals surface area contributed by atoms with E-state index in [1.807, 2.05) is 5.57 Å². The van der Waals surface area contributed by atoms with Crippen molar-refractivity contribution in [1.29, 1.82) is 0 Å². The number of hydrogen-bond acceptors (Lipinski definition) is 3. The van der Waals surface area contributed by atoms with Crippen LogP contribution >= 0.6 is 0 Å². The highest BCUT2D eigenvalue weighted by Gasteiger charge is 2.68. The normalized spacial score (nSPS) is 43.8. The van der Waals surface area contributed by atoms with Crippen LogP contribution in [0, 0.1) is 50.2 Å². The topological polar surface area (TPSA) is 46.5 Å². The molecule has 4 saturated carbocycles. The summed E-state index contributed by atoms with van der Waals surface area (Å²) in [5.41, 5.74) is 4.43. The number of fused-ring (bicyclic) bond motifs is 7. The monoisotopic (exact) mass is 572 g/mol. The first-order valence-corrected chi connectivity index (χ1v) is 16.9. The Hall–Kier alpha value is -2.03. The SMILES string of the molecule is CC1(C)CC[C@]2(C)CC[C@]3(C)C(=CC[C@@H]4[C@@]5(C)CC[C@H](OC(=O)/C=C/c6ccc(O)cc6)C(C)(C)[C@@H]5CC[C@]43C)[C@@H]2C1. The van der Waals surface area contributed by atoms with Gasteiger partial charge in [0, 0.05) is 11.5 Å². The largest absolute Gasteiger partial charge is 0.508 e. The Balaban J connectivity index is 1.24. The Labute approximate surface area is 255 Å². The second-order valence-electron chi connectivity index (χ2n) is 17.6. The van der Waals surface area contributed by atoms with Crippen LogP contribution in [0.1, 0.15) is 125 Å². The van der Waals surface area contributed by atoms with E-state index in [1.165, 1.54) is 51.4 Å². The summed E-state index contributed by atoms with van der Waals surface area (Å²) in [6, 6.07) is 6.89. The van der Waals surface area contributed by atoms with Crippen molar-refractivity contribution < 1.29 is 14.6 Å². The molecule has 0 aliphatic heterocycles. The van der Waals surface area contributed by atoms with Crippen LogP contribution in [-0.2, 0) is 9.53 Å². The van der Waals surface area contributed by atoms with E-state index in [0.29, 0.717) is 28.1 Å². The average Bonchev–Trinajstić information content (AvgIpc) is 2.91. The predicted octanol–water partition coefficient (Wildman–Crippen LogP) is 10.1. The molecule has 42 heavy (non-hydrogen) atoms. The summed E-state index contributed by atoms with van der Waals surface area (Å²) in [5.74, 6) is 1.91. The number of aromatic hydroxyl groups is 1. The summed E-state index contributed by atoms with van der Waals surface area (Å²) in [6.07, 6.45) is 18.7. The smallest absolute Gasteiger partial charge is 0.331 e. The van der Waals surface area contributed by atoms with Gasteiger partial charge in [0.25, 0.3) is 0 Å². The van der Waals surface area contributed by atoms with Crippen LogP contribution in [0.15, 0.2) is 42.0 Å². The highest BCUT2D eigenvalue weighted by atomic mass is 16.5. The fourth-order valence-corrected chi connectivity index (χ4v) is 11.6. The standard InChI is InChI=1S/C39H56O3/c1-34(2)21-22-36(5)23-24-38(7)28(29(36)25-34)14-15-31-37(6)19-18-32(35(3,4)30(37)17-20-39(31,38)8)42-33(41)16-11-26-9-12-27(40)13-10-26/h9-14,16,29-32,40H,15,17-25H2,1-8H3/b16-11+/t29-,30-,31+,32-,36+,37-,38+,39+/m0/s1. The van der Waals surface area contributed by atoms with Crippen molar-refractivity contribution in [3.8, 4) is 5.75 Å². The number of ether oxygens (including phenoxy) is 1. The van der Waals surface area contributed by atoms with E-state index in [1.54, 1.807) is 36.4 Å². The maximum absolute atomic E-state index is 13.0. The lowest BCUT2D eigenvalue weighted by Gasteiger charge is -2.71. The first-order chi connectivity index (χ1) is 19.5. The Morgan fingerprint density at radius 1 is 0.857 bits per heavy atom. The van der Waals surface area contributed by atoms with Gasteiger partial charge in [-0.05, 0) is 133 Å². The minimum absolute atomic E-state index is 0.0676. The van der Waals surface area contributed by atoms with Gasteiger partial charge >= 0.3 is 5.97 Å². The first-order valence-electron chi connectivity index (χ1n) is 16.9. The number of carbonyl (C=O) groups excluding carboxylic acids is 1. The lowest BCUT2D eigenvalue weighted by molar-refractivity contribution is -0.210. The van der Waals surface area contributed by atoms with Crippen molar-refractivity contribution in [3.63, 3.8) is 0 Å². The summed E-state index contributed by atoms with van der Waals surface area (Å²) in [6.45, 7) is 20.4. The average molecular weight is 573 g/mol. The van der Waals surface area contributed by atoms with Gasteiger partial charge in [0.1, 0.15) is 11.9 Å². The van der Waals surface area contributed by atoms with Crippen LogP contribution in [-0.4, -0.2) is 17.2 Å². The van der Waals surface area contributed by atoms with Gasteiger partial charge in [-0.25, -0.2) is 4.79 Å². The molecular formula is C39H56O3. The number of benzene rings is 1. The number of esters is 1. The van der Waals surface area contributed by atoms with Gasteiger partial charge in [0.05, 0.1) is 0 Å². The van der Waals surface area contributed by atoms with Crippen LogP contribution in [0.4, 0.5) is 0 Å². The molecule has 1 aromatic carbocycles. The third-order valence-electron chi connectivity index (χ3n) is 14.6. The van der Waals surface area contributed by atoms with Crippen molar-refractivity contribution in [3.05, 3.63) is 47.6 Å². The van der Waals surface area contributed by atoms with Gasteiger partial charge < -0.3 is 9.84 Å². The van der Waals surface area contributed by atoms with E-state index in [-0.39, 0.29) is 34.1 Å². The van der Waals surface area contributed by atoms with Crippen LogP contribution < -0.4 is 0 Å². The number of phenols is 1. The minimum atomic E-state index is -0.260. The maximum Gasteiger partial charge on any atom is 0.331 e. The lowest BCUT2D eigenvalue weighted by Crippen LogP contribution is -2.64. The van der Waals surface area contributed by atoms with Gasteiger partial charge in [-0.1, -0.05) is 79.2 Å². The number of carbonyl (C=O) groups is 1. The number of rotatable bonds is 3. The molecule has 5 aliphatic rings. The molecule has 0 radical (unpaired) electrons. The summed E-state index contributed by atoms with van der Waals surface area (Å²) < 4.78 is 6.22. The molecule has 4 fully saturated rings. The van der Waals surface area contributed by atoms with E-state index < -0.39 is 0 Å². The van der Waals surface area contributed by atoms with Gasteiger partial charge in [-0.3, -0.25) is 0 Å². The van der Waals surface area contributed by atoms with Crippen molar-refractivity contribution in [2.24, 2.45) is 50.2 Å². The van der Waals surface area contributed by atoms with Crippen molar-refractivity contribution in [2.45, 2.75) is 126 Å². The Morgan fingerprint density at radius 3 is 2.26 bits per heavy atom. The molecule has 3 heteroatoms. The van der Waals surface area contributed by atoms with Gasteiger partial charge in [0.2, 0.25) is 0 Å². The summed E-state index contributed by atoms with van der Waals surface area (Å²) in [7, 11) is 0. The predicted molar refractivity (Wildman–Crippen MR) is 172 cm³/mol. The van der Waals surface area contributed by atoms with E-state index in [4.69, 9.17) is 4.74 Å². The zero-order valence-corrected chi connectivity index (χ0v) is 27.7. The van der Waals surface area contributed by atoms with Gasteiger partial charge in [-0.2, -0.15) is 0 Å². The molecule has 230 valence electrons. The van der Waals surface area contributed by atoms with Gasteiger partial charge in [0.15, 0.2) is 0 Å². The fraction of sp³-hybridized carbons (Fsp3) is 0.718. The van der Waals surface area contributed by atoms with Gasteiger partial charge in [-0.15, -0.1) is 0 Å². The van der Waals surface area contributed by atoms with Crippen LogP contribution in [0.3, 0.4) is 0 Å². The number of allylic oxidation sites excluding steroid dienone is 2. The molecule has 8 atom stereocenters. The van der Waals surface area contributed by atoms with E-state index in [0.717, 1.165) is 24.3 Å². The second-order valence-corrected chi connectivity index (χ2v) is 17.6. The minimum Gasteiger partial charge on any atom is -0.508 e. The Bertz CT molecular complexity index is 1280. The lowest BCUT2D eigenvalue weighted by atomic mass is 9.33. The molecule has 3 nitrogen and oxygen atoms in total. The Kier molecular flexibility index (Phi) is 6.96. The van der Waals surface area contributed by atoms with Crippen molar-refractivity contribution in [1.82, 2.24) is 0 Å². The Morgan fingerprint density at radius 2 is 1.55 bits per heavy atom. The van der Waals surface area contributed by atoms with Crippen LogP contribution in [0.5, 0.6) is 5.75 Å². The third kappa shape index (κ3) is 4.45. The van der Waals surface area contributed by atoms with Crippen molar-refractivity contribution in [2.75, 3.05) is 0 Å². The molecule has 0 aromatic heterocycles.